The summed E-state index contributed by atoms with van der Waals surface area (Å²) in [6.45, 7) is 1.70. The minimum atomic E-state index is -3.91. The summed E-state index contributed by atoms with van der Waals surface area (Å²) in [7, 11) is -3.91. The monoisotopic (exact) mass is 508 g/mol. The summed E-state index contributed by atoms with van der Waals surface area (Å²) in [5.74, 6) is -0.658. The number of imidazole rings is 1. The molecule has 0 saturated heterocycles. The number of fused-ring (bicyclic) bond motifs is 1. The van der Waals surface area contributed by atoms with Crippen LogP contribution in [0.1, 0.15) is 29.3 Å². The number of aryl methyl sites for hydroxylation is 1. The van der Waals surface area contributed by atoms with Crippen molar-refractivity contribution >= 4 is 44.3 Å². The first kappa shape index (κ1) is 24.7. The highest BCUT2D eigenvalue weighted by atomic mass is 32.2. The molecule has 0 fully saturated rings. The molecule has 0 aliphatic carbocycles. The van der Waals surface area contributed by atoms with Crippen molar-refractivity contribution in [2.45, 2.75) is 24.7 Å². The molecule has 4 aromatic rings. The molecule has 11 heteroatoms. The Kier molecular flexibility index (Phi) is 7.20. The van der Waals surface area contributed by atoms with Crippen molar-refractivity contribution in [3.63, 3.8) is 0 Å². The van der Waals surface area contributed by atoms with Gasteiger partial charge < -0.3 is 20.0 Å². The van der Waals surface area contributed by atoms with E-state index in [1.165, 1.54) is 49.4 Å². The summed E-state index contributed by atoms with van der Waals surface area (Å²) < 4.78 is 32.9. The standard InChI is InChI=1S/C25H24N4O6S/c1-16(30)35-13-3-5-17-4-2-6-20(14-17)26-24(31)18-7-9-19(10-8-18)29-36(33,34)21-11-12-22-23(15-21)28-25(32)27-22/h2,4,6-12,14-15,29H,3,5,13H2,1H3,(H,26,31)(H2,27,28,32). The fourth-order valence-corrected chi connectivity index (χ4v) is 4.67. The number of aromatic amines is 2. The van der Waals surface area contributed by atoms with Gasteiger partial charge >= 0.3 is 11.7 Å². The lowest BCUT2D eigenvalue weighted by molar-refractivity contribution is -0.141. The quantitative estimate of drug-likeness (QED) is 0.201. The van der Waals surface area contributed by atoms with Gasteiger partial charge in [0.25, 0.3) is 15.9 Å². The van der Waals surface area contributed by atoms with Crippen LogP contribution in [-0.2, 0) is 26.0 Å². The molecule has 10 nitrogen and oxygen atoms in total. The number of aromatic nitrogens is 2. The van der Waals surface area contributed by atoms with Gasteiger partial charge in [-0.05, 0) is 73.0 Å². The largest absolute Gasteiger partial charge is 0.466 e. The van der Waals surface area contributed by atoms with Gasteiger partial charge in [-0.2, -0.15) is 0 Å². The number of hydrogen-bond donors (Lipinski definition) is 4. The molecule has 186 valence electrons. The number of hydrogen-bond acceptors (Lipinski definition) is 6. The van der Waals surface area contributed by atoms with Gasteiger partial charge in [-0.15, -0.1) is 0 Å². The molecular weight excluding hydrogens is 484 g/mol. The van der Waals surface area contributed by atoms with E-state index in [-0.39, 0.29) is 22.5 Å². The lowest BCUT2D eigenvalue weighted by Gasteiger charge is -2.10. The van der Waals surface area contributed by atoms with Gasteiger partial charge in [-0.3, -0.25) is 14.3 Å². The summed E-state index contributed by atoms with van der Waals surface area (Å²) in [5, 5.41) is 2.82. The number of esters is 1. The average Bonchev–Trinajstić information content (AvgIpc) is 3.21. The first-order valence-corrected chi connectivity index (χ1v) is 12.6. The number of rotatable bonds is 9. The molecule has 0 saturated carbocycles. The molecule has 0 atom stereocenters. The molecule has 1 amide bonds. The number of nitrogens with one attached hydrogen (secondary N) is 4. The van der Waals surface area contributed by atoms with Crippen molar-refractivity contribution in [1.82, 2.24) is 9.97 Å². The molecule has 3 aromatic carbocycles. The molecule has 1 heterocycles. The van der Waals surface area contributed by atoms with Gasteiger partial charge in [0.2, 0.25) is 0 Å². The van der Waals surface area contributed by atoms with E-state index >= 15 is 0 Å². The minimum Gasteiger partial charge on any atom is -0.466 e. The zero-order chi connectivity index (χ0) is 25.7. The molecule has 0 radical (unpaired) electrons. The van der Waals surface area contributed by atoms with Crippen LogP contribution in [-0.4, -0.2) is 36.9 Å². The van der Waals surface area contributed by atoms with Crippen LogP contribution in [0.4, 0.5) is 11.4 Å². The molecule has 0 aliphatic rings. The van der Waals surface area contributed by atoms with E-state index < -0.39 is 15.7 Å². The molecule has 36 heavy (non-hydrogen) atoms. The van der Waals surface area contributed by atoms with Crippen molar-refractivity contribution < 1.29 is 22.7 Å². The van der Waals surface area contributed by atoms with Crippen molar-refractivity contribution in [2.75, 3.05) is 16.6 Å². The molecule has 4 rings (SSSR count). The fourth-order valence-electron chi connectivity index (χ4n) is 3.58. The Bertz CT molecular complexity index is 1570. The third kappa shape index (κ3) is 6.19. The number of anilines is 2. The molecule has 4 N–H and O–H groups in total. The lowest BCUT2D eigenvalue weighted by atomic mass is 10.1. The summed E-state index contributed by atoms with van der Waals surface area (Å²) >= 11 is 0. The van der Waals surface area contributed by atoms with Crippen LogP contribution in [0.15, 0.2) is 76.4 Å². The Morgan fingerprint density at radius 1 is 0.917 bits per heavy atom. The van der Waals surface area contributed by atoms with E-state index in [0.29, 0.717) is 41.7 Å². The van der Waals surface area contributed by atoms with Gasteiger partial charge in [0.15, 0.2) is 0 Å². The highest BCUT2D eigenvalue weighted by molar-refractivity contribution is 7.92. The second-order valence-electron chi connectivity index (χ2n) is 8.07. The van der Waals surface area contributed by atoms with Crippen molar-refractivity contribution in [3.05, 3.63) is 88.3 Å². The second-order valence-corrected chi connectivity index (χ2v) is 9.75. The summed E-state index contributed by atoms with van der Waals surface area (Å²) in [6.07, 6.45) is 1.37. The van der Waals surface area contributed by atoms with Crippen molar-refractivity contribution in [3.8, 4) is 0 Å². The Labute approximate surface area is 206 Å². The van der Waals surface area contributed by atoms with Crippen LogP contribution in [0.3, 0.4) is 0 Å². The normalized spacial score (nSPS) is 11.2. The fraction of sp³-hybridized carbons (Fsp3) is 0.160. The average molecular weight is 509 g/mol. The van der Waals surface area contributed by atoms with Gasteiger partial charge in [0.05, 0.1) is 22.5 Å². The number of benzene rings is 3. The maximum absolute atomic E-state index is 12.8. The van der Waals surface area contributed by atoms with Crippen LogP contribution in [0, 0.1) is 0 Å². The van der Waals surface area contributed by atoms with E-state index in [0.717, 1.165) is 5.56 Å². The molecule has 0 bridgehead atoms. The number of H-pyrrole nitrogens is 2. The Morgan fingerprint density at radius 3 is 2.42 bits per heavy atom. The third-order valence-corrected chi connectivity index (χ3v) is 6.68. The minimum absolute atomic E-state index is 0.0141. The summed E-state index contributed by atoms with van der Waals surface area (Å²) in [6, 6.07) is 17.7. The van der Waals surface area contributed by atoms with Crippen LogP contribution >= 0.6 is 0 Å². The first-order chi connectivity index (χ1) is 17.2. The number of carbonyl (C=O) groups excluding carboxylic acids is 2. The maximum atomic E-state index is 12.8. The van der Waals surface area contributed by atoms with Gasteiger partial charge in [-0.25, -0.2) is 13.2 Å². The molecule has 0 aliphatic heterocycles. The van der Waals surface area contributed by atoms with Gasteiger partial charge in [0.1, 0.15) is 0 Å². The van der Waals surface area contributed by atoms with Crippen LogP contribution < -0.4 is 15.7 Å². The Balaban J connectivity index is 1.38. The maximum Gasteiger partial charge on any atom is 0.323 e. The zero-order valence-electron chi connectivity index (χ0n) is 19.3. The first-order valence-electron chi connectivity index (χ1n) is 11.1. The summed E-state index contributed by atoms with van der Waals surface area (Å²) in [5.41, 5.74) is 2.70. The van der Waals surface area contributed by atoms with Gasteiger partial charge in [0, 0.05) is 23.9 Å². The van der Waals surface area contributed by atoms with E-state index in [4.69, 9.17) is 4.74 Å². The molecule has 0 spiro atoms. The van der Waals surface area contributed by atoms with E-state index in [9.17, 15) is 22.8 Å². The Hall–Kier alpha value is -4.38. The number of ether oxygens (including phenoxy) is 1. The van der Waals surface area contributed by atoms with Crippen LogP contribution in [0.5, 0.6) is 0 Å². The van der Waals surface area contributed by atoms with Crippen molar-refractivity contribution in [1.29, 1.82) is 0 Å². The van der Waals surface area contributed by atoms with Crippen LogP contribution in [0.2, 0.25) is 0 Å². The molecule has 1 aromatic heterocycles. The van der Waals surface area contributed by atoms with Crippen LogP contribution in [0.25, 0.3) is 11.0 Å². The van der Waals surface area contributed by atoms with E-state index in [2.05, 4.69) is 20.0 Å². The van der Waals surface area contributed by atoms with Gasteiger partial charge in [-0.1, -0.05) is 12.1 Å². The topological polar surface area (TPSA) is 150 Å². The van der Waals surface area contributed by atoms with E-state index in [1.54, 1.807) is 6.07 Å². The smallest absolute Gasteiger partial charge is 0.323 e. The SMILES string of the molecule is CC(=O)OCCCc1cccc(NC(=O)c2ccc(NS(=O)(=O)c3ccc4[nH]c(=O)[nH]c4c3)cc2)c1. The Morgan fingerprint density at radius 2 is 1.67 bits per heavy atom. The predicted octanol–water partition coefficient (Wildman–Crippen LogP) is 3.41. The third-order valence-electron chi connectivity index (χ3n) is 5.30. The lowest BCUT2D eigenvalue weighted by Crippen LogP contribution is -2.14. The summed E-state index contributed by atoms with van der Waals surface area (Å²) in [4.78, 5) is 40.0. The molecule has 0 unspecified atom stereocenters. The number of sulfonamides is 1. The second kappa shape index (κ2) is 10.5. The zero-order valence-corrected chi connectivity index (χ0v) is 20.1. The predicted molar refractivity (Wildman–Crippen MR) is 136 cm³/mol. The van der Waals surface area contributed by atoms with Crippen molar-refractivity contribution in [2.24, 2.45) is 0 Å². The highest BCUT2D eigenvalue weighted by Crippen LogP contribution is 2.20. The van der Waals surface area contributed by atoms with E-state index in [1.807, 2.05) is 18.2 Å². The number of amides is 1. The number of carbonyl (C=O) groups is 2. The highest BCUT2D eigenvalue weighted by Gasteiger charge is 2.16. The molecular formula is C25H24N4O6S.